The Labute approximate surface area is 162 Å². The molecule has 1 saturated heterocycles. The summed E-state index contributed by atoms with van der Waals surface area (Å²) in [5.74, 6) is -0.505. The predicted octanol–water partition coefficient (Wildman–Crippen LogP) is 2.81. The van der Waals surface area contributed by atoms with Gasteiger partial charge in [-0.25, -0.2) is 4.79 Å². The van der Waals surface area contributed by atoms with Gasteiger partial charge in [-0.1, -0.05) is 6.07 Å². The Balaban J connectivity index is 1.61. The van der Waals surface area contributed by atoms with Gasteiger partial charge in [-0.2, -0.15) is 0 Å². The highest BCUT2D eigenvalue weighted by Crippen LogP contribution is 2.18. The molecule has 0 spiro atoms. The zero-order valence-corrected chi connectivity index (χ0v) is 15.5. The molecule has 0 aliphatic carbocycles. The third-order valence-electron chi connectivity index (χ3n) is 4.24. The van der Waals surface area contributed by atoms with Crippen molar-refractivity contribution in [1.82, 2.24) is 5.32 Å². The molecule has 1 atom stereocenters. The van der Waals surface area contributed by atoms with E-state index in [0.717, 1.165) is 6.42 Å². The van der Waals surface area contributed by atoms with Gasteiger partial charge >= 0.3 is 6.03 Å². The van der Waals surface area contributed by atoms with E-state index in [2.05, 4.69) is 21.3 Å². The Morgan fingerprint density at radius 1 is 0.929 bits per heavy atom. The minimum Gasteiger partial charge on any atom is -0.368 e. The molecule has 4 N–H and O–H groups in total. The molecule has 8 nitrogen and oxygen atoms in total. The van der Waals surface area contributed by atoms with Crippen LogP contribution in [-0.2, 0) is 9.53 Å². The molecular weight excluding hydrogens is 360 g/mol. The van der Waals surface area contributed by atoms with Gasteiger partial charge in [-0.05, 0) is 55.3 Å². The SMILES string of the molecule is CNC(=O)Nc1ccc(NC(=O)c2cccc(NC(=O)C3CCCO3)c2)cc1. The number of amides is 4. The molecule has 0 radical (unpaired) electrons. The van der Waals surface area contributed by atoms with Gasteiger partial charge < -0.3 is 26.0 Å². The van der Waals surface area contributed by atoms with Crippen molar-refractivity contribution in [3.63, 3.8) is 0 Å². The summed E-state index contributed by atoms with van der Waals surface area (Å²) in [7, 11) is 1.53. The van der Waals surface area contributed by atoms with Gasteiger partial charge in [-0.15, -0.1) is 0 Å². The number of anilines is 3. The van der Waals surface area contributed by atoms with E-state index in [9.17, 15) is 14.4 Å². The van der Waals surface area contributed by atoms with Crippen LogP contribution in [0.25, 0.3) is 0 Å². The van der Waals surface area contributed by atoms with E-state index in [1.54, 1.807) is 48.5 Å². The predicted molar refractivity (Wildman–Crippen MR) is 107 cm³/mol. The lowest BCUT2D eigenvalue weighted by Gasteiger charge is -2.12. The van der Waals surface area contributed by atoms with Crippen molar-refractivity contribution in [2.45, 2.75) is 18.9 Å². The Hall–Kier alpha value is -3.39. The third-order valence-corrected chi connectivity index (χ3v) is 4.24. The lowest BCUT2D eigenvalue weighted by molar-refractivity contribution is -0.124. The molecule has 1 fully saturated rings. The summed E-state index contributed by atoms with van der Waals surface area (Å²) in [6.07, 6.45) is 1.15. The molecule has 1 aliphatic heterocycles. The molecule has 1 unspecified atom stereocenters. The molecule has 0 saturated carbocycles. The summed E-state index contributed by atoms with van der Waals surface area (Å²) >= 11 is 0. The van der Waals surface area contributed by atoms with Crippen LogP contribution in [-0.4, -0.2) is 37.6 Å². The molecule has 146 valence electrons. The van der Waals surface area contributed by atoms with E-state index < -0.39 is 6.10 Å². The van der Waals surface area contributed by atoms with Gasteiger partial charge in [0.15, 0.2) is 0 Å². The van der Waals surface area contributed by atoms with Crippen LogP contribution in [0.1, 0.15) is 23.2 Å². The Morgan fingerprint density at radius 3 is 2.29 bits per heavy atom. The van der Waals surface area contributed by atoms with E-state index in [1.807, 2.05) is 0 Å². The fourth-order valence-electron chi connectivity index (χ4n) is 2.78. The smallest absolute Gasteiger partial charge is 0.318 e. The van der Waals surface area contributed by atoms with Gasteiger partial charge in [0, 0.05) is 36.3 Å². The number of benzene rings is 2. The fourth-order valence-corrected chi connectivity index (χ4v) is 2.78. The second kappa shape index (κ2) is 9.01. The second-order valence-electron chi connectivity index (χ2n) is 6.31. The number of nitrogens with one attached hydrogen (secondary N) is 4. The van der Waals surface area contributed by atoms with Gasteiger partial charge in [0.1, 0.15) is 6.10 Å². The lowest BCUT2D eigenvalue weighted by Crippen LogP contribution is -2.27. The monoisotopic (exact) mass is 382 g/mol. The van der Waals surface area contributed by atoms with Crippen molar-refractivity contribution in [2.75, 3.05) is 29.6 Å². The van der Waals surface area contributed by atoms with Crippen molar-refractivity contribution in [1.29, 1.82) is 0 Å². The number of carbonyl (C=O) groups is 3. The molecule has 0 aromatic heterocycles. The number of urea groups is 1. The number of rotatable bonds is 5. The van der Waals surface area contributed by atoms with E-state index >= 15 is 0 Å². The van der Waals surface area contributed by atoms with E-state index in [0.29, 0.717) is 35.7 Å². The van der Waals surface area contributed by atoms with Crippen LogP contribution in [0.3, 0.4) is 0 Å². The Bertz CT molecular complexity index is 861. The summed E-state index contributed by atoms with van der Waals surface area (Å²) in [5, 5.41) is 10.7. The lowest BCUT2D eigenvalue weighted by atomic mass is 10.1. The third kappa shape index (κ3) is 5.08. The van der Waals surface area contributed by atoms with Crippen LogP contribution >= 0.6 is 0 Å². The molecular formula is C20H22N4O4. The summed E-state index contributed by atoms with van der Waals surface area (Å²) in [6.45, 7) is 0.595. The fraction of sp³-hybridized carbons (Fsp3) is 0.250. The molecule has 0 bridgehead atoms. The molecule has 2 aromatic rings. The number of ether oxygens (including phenoxy) is 1. The normalized spacial score (nSPS) is 15.5. The first-order valence-electron chi connectivity index (χ1n) is 8.98. The van der Waals surface area contributed by atoms with Gasteiger partial charge in [0.2, 0.25) is 0 Å². The first-order valence-corrected chi connectivity index (χ1v) is 8.98. The summed E-state index contributed by atoms with van der Waals surface area (Å²) < 4.78 is 5.36. The topological polar surface area (TPSA) is 109 Å². The maximum atomic E-state index is 12.5. The number of hydrogen-bond donors (Lipinski definition) is 4. The Kier molecular flexibility index (Phi) is 6.23. The quantitative estimate of drug-likeness (QED) is 0.638. The van der Waals surface area contributed by atoms with Crippen molar-refractivity contribution in [3.8, 4) is 0 Å². The summed E-state index contributed by atoms with van der Waals surface area (Å²) in [4.78, 5) is 35.9. The average Bonchev–Trinajstić information content (AvgIpc) is 3.24. The maximum Gasteiger partial charge on any atom is 0.318 e. The molecule has 2 aromatic carbocycles. The number of carbonyl (C=O) groups excluding carboxylic acids is 3. The first kappa shape index (κ1) is 19.4. The maximum absolute atomic E-state index is 12.5. The molecule has 1 heterocycles. The molecule has 28 heavy (non-hydrogen) atoms. The zero-order chi connectivity index (χ0) is 19.9. The molecule has 8 heteroatoms. The van der Waals surface area contributed by atoms with Crippen LogP contribution in [0.5, 0.6) is 0 Å². The standard InChI is InChI=1S/C20H22N4O4/c1-21-20(27)24-15-9-7-14(8-10-15)22-18(25)13-4-2-5-16(12-13)23-19(26)17-6-3-11-28-17/h2,4-5,7-10,12,17H,3,6,11H2,1H3,(H,22,25)(H,23,26)(H2,21,24,27). The van der Waals surface area contributed by atoms with Gasteiger partial charge in [0.25, 0.3) is 11.8 Å². The van der Waals surface area contributed by atoms with Gasteiger partial charge in [-0.3, -0.25) is 9.59 Å². The Morgan fingerprint density at radius 2 is 1.64 bits per heavy atom. The summed E-state index contributed by atoms with van der Waals surface area (Å²) in [5.41, 5.74) is 2.15. The largest absolute Gasteiger partial charge is 0.368 e. The van der Waals surface area contributed by atoms with E-state index in [1.165, 1.54) is 7.05 Å². The summed E-state index contributed by atoms with van der Waals surface area (Å²) in [6, 6.07) is 13.1. The highest BCUT2D eigenvalue weighted by Gasteiger charge is 2.23. The average molecular weight is 382 g/mol. The minimum absolute atomic E-state index is 0.200. The molecule has 1 aliphatic rings. The van der Waals surface area contributed by atoms with Crippen LogP contribution < -0.4 is 21.3 Å². The molecule has 4 amide bonds. The first-order chi connectivity index (χ1) is 13.5. The van der Waals surface area contributed by atoms with E-state index in [-0.39, 0.29) is 17.8 Å². The van der Waals surface area contributed by atoms with Crippen molar-refractivity contribution < 1.29 is 19.1 Å². The van der Waals surface area contributed by atoms with E-state index in [4.69, 9.17) is 4.74 Å². The van der Waals surface area contributed by atoms with Crippen LogP contribution in [0.15, 0.2) is 48.5 Å². The number of hydrogen-bond acceptors (Lipinski definition) is 4. The zero-order valence-electron chi connectivity index (χ0n) is 15.5. The van der Waals surface area contributed by atoms with Crippen LogP contribution in [0.2, 0.25) is 0 Å². The van der Waals surface area contributed by atoms with Crippen LogP contribution in [0.4, 0.5) is 21.9 Å². The second-order valence-corrected chi connectivity index (χ2v) is 6.31. The van der Waals surface area contributed by atoms with Crippen molar-refractivity contribution in [2.24, 2.45) is 0 Å². The highest BCUT2D eigenvalue weighted by atomic mass is 16.5. The molecule has 3 rings (SSSR count). The highest BCUT2D eigenvalue weighted by molar-refractivity contribution is 6.05. The minimum atomic E-state index is -0.431. The van der Waals surface area contributed by atoms with Crippen LogP contribution in [0, 0.1) is 0 Å². The van der Waals surface area contributed by atoms with Crippen molar-refractivity contribution in [3.05, 3.63) is 54.1 Å². The van der Waals surface area contributed by atoms with Gasteiger partial charge in [0.05, 0.1) is 0 Å². The van der Waals surface area contributed by atoms with Crippen molar-refractivity contribution >= 4 is 34.9 Å².